The van der Waals surface area contributed by atoms with E-state index < -0.39 is 0 Å². The van der Waals surface area contributed by atoms with E-state index in [-0.39, 0.29) is 17.3 Å². The molecule has 2 atom stereocenters. The van der Waals surface area contributed by atoms with Crippen molar-refractivity contribution in [1.82, 2.24) is 9.55 Å². The number of allylic oxidation sites excluding steroid dienone is 6. The molecule has 2 aromatic heterocycles. The Labute approximate surface area is 197 Å². The monoisotopic (exact) mass is 448 g/mol. The first-order chi connectivity index (χ1) is 15.7. The van der Waals surface area contributed by atoms with E-state index in [0.717, 1.165) is 47.5 Å². The van der Waals surface area contributed by atoms with Gasteiger partial charge in [-0.15, -0.1) is 0 Å². The van der Waals surface area contributed by atoms with Gasteiger partial charge in [-0.25, -0.2) is 9.78 Å². The summed E-state index contributed by atoms with van der Waals surface area (Å²) < 4.78 is 13.7. The summed E-state index contributed by atoms with van der Waals surface area (Å²) in [5.74, 6) is 1.49. The summed E-state index contributed by atoms with van der Waals surface area (Å²) in [6, 6.07) is 2.13. The Morgan fingerprint density at radius 2 is 2.09 bits per heavy atom. The Hall–Kier alpha value is -3.08. The SMILES string of the molecule is CC(C)=CCC[C@@]1(C)CC=C(Cn2ccnc2)c2oc(C)cc2[C@@H]1/C=C/OC(=O)C=C(C)C. The van der Waals surface area contributed by atoms with Gasteiger partial charge in [-0.2, -0.15) is 0 Å². The van der Waals surface area contributed by atoms with Crippen molar-refractivity contribution in [1.29, 1.82) is 0 Å². The van der Waals surface area contributed by atoms with E-state index in [1.165, 1.54) is 11.6 Å². The Bertz CT molecular complexity index is 1070. The number of nitrogens with zero attached hydrogens (tertiary/aromatic N) is 2. The zero-order valence-corrected chi connectivity index (χ0v) is 20.7. The van der Waals surface area contributed by atoms with Gasteiger partial charge in [-0.05, 0) is 71.4 Å². The molecule has 5 heteroatoms. The Morgan fingerprint density at radius 1 is 1.30 bits per heavy atom. The van der Waals surface area contributed by atoms with Gasteiger partial charge in [0.15, 0.2) is 0 Å². The predicted molar refractivity (Wildman–Crippen MR) is 132 cm³/mol. The molecule has 0 spiro atoms. The molecule has 0 saturated heterocycles. The van der Waals surface area contributed by atoms with Crippen molar-refractivity contribution in [3.8, 4) is 0 Å². The van der Waals surface area contributed by atoms with E-state index in [9.17, 15) is 4.79 Å². The van der Waals surface area contributed by atoms with Gasteiger partial charge in [0.1, 0.15) is 11.5 Å². The topological polar surface area (TPSA) is 57.3 Å². The first kappa shape index (κ1) is 24.6. The lowest BCUT2D eigenvalue weighted by Crippen LogP contribution is -2.23. The number of carbonyl (C=O) groups excluding carboxylic acids is 1. The van der Waals surface area contributed by atoms with Gasteiger partial charge in [-0.1, -0.05) is 30.2 Å². The molecule has 1 aliphatic rings. The fourth-order valence-electron chi connectivity index (χ4n) is 4.42. The summed E-state index contributed by atoms with van der Waals surface area (Å²) in [5, 5.41) is 0. The average molecular weight is 449 g/mol. The van der Waals surface area contributed by atoms with Gasteiger partial charge in [-0.3, -0.25) is 0 Å². The minimum Gasteiger partial charge on any atom is -0.461 e. The number of ether oxygens (including phenoxy) is 1. The molecule has 0 fully saturated rings. The highest BCUT2D eigenvalue weighted by molar-refractivity contribution is 5.83. The van der Waals surface area contributed by atoms with Crippen molar-refractivity contribution >= 4 is 11.5 Å². The van der Waals surface area contributed by atoms with Crippen LogP contribution in [-0.2, 0) is 16.1 Å². The summed E-state index contributed by atoms with van der Waals surface area (Å²) >= 11 is 0. The van der Waals surface area contributed by atoms with Crippen LogP contribution in [0.4, 0.5) is 0 Å². The first-order valence-corrected chi connectivity index (χ1v) is 11.6. The van der Waals surface area contributed by atoms with Crippen LogP contribution in [0.2, 0.25) is 0 Å². The summed E-state index contributed by atoms with van der Waals surface area (Å²) in [6.45, 7) is 13.0. The molecule has 0 aliphatic heterocycles. The highest BCUT2D eigenvalue weighted by Crippen LogP contribution is 2.50. The second-order valence-electron chi connectivity index (χ2n) is 9.75. The lowest BCUT2D eigenvalue weighted by atomic mass is 9.69. The number of aromatic nitrogens is 2. The number of fused-ring (bicyclic) bond motifs is 1. The molecule has 0 aromatic carbocycles. The third kappa shape index (κ3) is 6.47. The Balaban J connectivity index is 1.99. The normalized spacial score (nSPS) is 20.1. The van der Waals surface area contributed by atoms with Gasteiger partial charge < -0.3 is 13.7 Å². The van der Waals surface area contributed by atoms with Gasteiger partial charge in [0.05, 0.1) is 19.1 Å². The molecule has 176 valence electrons. The number of aryl methyl sites for hydroxylation is 1. The standard InChI is InChI=1S/C28H36N2O3/c1-20(2)8-7-11-28(6)12-9-23(18-30-14-13-29-19-30)27-24(17-22(5)33-27)25(28)10-15-32-26(31)16-21(3)4/h8-10,13-17,19,25H,7,11-12,18H2,1-6H3/b15-10+/t25-,28-/m0/s1. The molecule has 33 heavy (non-hydrogen) atoms. The van der Waals surface area contributed by atoms with E-state index in [1.807, 2.05) is 39.4 Å². The zero-order chi connectivity index (χ0) is 24.0. The van der Waals surface area contributed by atoms with Crippen molar-refractivity contribution in [3.63, 3.8) is 0 Å². The van der Waals surface area contributed by atoms with Crippen LogP contribution in [0.5, 0.6) is 0 Å². The van der Waals surface area contributed by atoms with E-state index >= 15 is 0 Å². The van der Waals surface area contributed by atoms with E-state index in [0.29, 0.717) is 6.54 Å². The van der Waals surface area contributed by atoms with Crippen LogP contribution in [0.1, 0.15) is 76.9 Å². The molecule has 0 unspecified atom stereocenters. The maximum Gasteiger partial charge on any atom is 0.335 e. The second-order valence-corrected chi connectivity index (χ2v) is 9.75. The number of furan rings is 1. The van der Waals surface area contributed by atoms with Crippen LogP contribution < -0.4 is 0 Å². The molecule has 1 aliphatic carbocycles. The van der Waals surface area contributed by atoms with Gasteiger partial charge in [0, 0.05) is 35.5 Å². The minimum absolute atomic E-state index is 0.0477. The van der Waals surface area contributed by atoms with E-state index in [4.69, 9.17) is 9.15 Å². The van der Waals surface area contributed by atoms with Crippen LogP contribution in [0.25, 0.3) is 5.57 Å². The van der Waals surface area contributed by atoms with Crippen LogP contribution in [0.15, 0.2) is 70.9 Å². The second kappa shape index (κ2) is 10.7. The molecular formula is C28H36N2O3. The Morgan fingerprint density at radius 3 is 2.76 bits per heavy atom. The summed E-state index contributed by atoms with van der Waals surface area (Å²) in [4.78, 5) is 16.2. The summed E-state index contributed by atoms with van der Waals surface area (Å²) in [7, 11) is 0. The zero-order valence-electron chi connectivity index (χ0n) is 20.7. The molecular weight excluding hydrogens is 412 g/mol. The van der Waals surface area contributed by atoms with Crippen LogP contribution in [-0.4, -0.2) is 15.5 Å². The van der Waals surface area contributed by atoms with Gasteiger partial charge in [0.25, 0.3) is 0 Å². The first-order valence-electron chi connectivity index (χ1n) is 11.6. The molecule has 2 heterocycles. The molecule has 0 bridgehead atoms. The predicted octanol–water partition coefficient (Wildman–Crippen LogP) is 7.13. The van der Waals surface area contributed by atoms with E-state index in [2.05, 4.69) is 48.5 Å². The van der Waals surface area contributed by atoms with E-state index in [1.54, 1.807) is 12.5 Å². The third-order valence-electron chi connectivity index (χ3n) is 6.12. The fourth-order valence-corrected chi connectivity index (χ4v) is 4.42. The van der Waals surface area contributed by atoms with Crippen LogP contribution in [0.3, 0.4) is 0 Å². The highest BCUT2D eigenvalue weighted by Gasteiger charge is 2.38. The summed E-state index contributed by atoms with van der Waals surface area (Å²) in [6.07, 6.45) is 18.2. The van der Waals surface area contributed by atoms with Crippen molar-refractivity contribution < 1.29 is 13.9 Å². The van der Waals surface area contributed by atoms with Crippen molar-refractivity contribution in [2.45, 2.75) is 73.3 Å². The number of rotatable bonds is 8. The lowest BCUT2D eigenvalue weighted by Gasteiger charge is -2.34. The number of hydrogen-bond acceptors (Lipinski definition) is 4. The molecule has 2 aromatic rings. The van der Waals surface area contributed by atoms with Gasteiger partial charge >= 0.3 is 5.97 Å². The van der Waals surface area contributed by atoms with Gasteiger partial charge in [0.2, 0.25) is 0 Å². The van der Waals surface area contributed by atoms with Crippen molar-refractivity contribution in [2.24, 2.45) is 5.41 Å². The number of esters is 1. The molecule has 0 N–H and O–H groups in total. The Kier molecular flexibility index (Phi) is 7.96. The minimum atomic E-state index is -0.353. The quantitative estimate of drug-likeness (QED) is 0.186. The molecule has 0 amide bonds. The number of hydrogen-bond donors (Lipinski definition) is 0. The van der Waals surface area contributed by atoms with Crippen LogP contribution >= 0.6 is 0 Å². The molecule has 3 rings (SSSR count). The van der Waals surface area contributed by atoms with Crippen molar-refractivity contribution in [2.75, 3.05) is 0 Å². The fraction of sp³-hybridized carbons (Fsp3) is 0.429. The van der Waals surface area contributed by atoms with Crippen LogP contribution in [0, 0.1) is 12.3 Å². The molecule has 0 saturated carbocycles. The molecule has 0 radical (unpaired) electrons. The maximum atomic E-state index is 12.1. The number of carbonyl (C=O) groups is 1. The lowest BCUT2D eigenvalue weighted by molar-refractivity contribution is -0.132. The highest BCUT2D eigenvalue weighted by atomic mass is 16.5. The molecule has 5 nitrogen and oxygen atoms in total. The third-order valence-corrected chi connectivity index (χ3v) is 6.12. The average Bonchev–Trinajstić information content (AvgIpc) is 3.35. The smallest absolute Gasteiger partial charge is 0.335 e. The van der Waals surface area contributed by atoms with Crippen molar-refractivity contribution in [3.05, 3.63) is 83.6 Å². The maximum absolute atomic E-state index is 12.1. The number of imidazole rings is 1. The largest absolute Gasteiger partial charge is 0.461 e. The summed E-state index contributed by atoms with van der Waals surface area (Å²) in [5.41, 5.74) is 4.47.